The first kappa shape index (κ1) is 14.5. The number of ether oxygens (including phenoxy) is 1. The zero-order valence-corrected chi connectivity index (χ0v) is 12.1. The first-order valence-electron chi connectivity index (χ1n) is 6.79. The van der Waals surface area contributed by atoms with E-state index in [2.05, 4.69) is 5.32 Å². The van der Waals surface area contributed by atoms with Gasteiger partial charge in [0.15, 0.2) is 0 Å². The predicted molar refractivity (Wildman–Crippen MR) is 79.5 cm³/mol. The molecule has 0 aliphatic rings. The molecule has 1 atom stereocenters. The fourth-order valence-corrected chi connectivity index (χ4v) is 2.25. The van der Waals surface area contributed by atoms with Gasteiger partial charge in [-0.25, -0.2) is 4.39 Å². The number of benzene rings is 2. The number of hydrogen-bond acceptors (Lipinski definition) is 2. The van der Waals surface area contributed by atoms with Gasteiger partial charge in [0, 0.05) is 0 Å². The van der Waals surface area contributed by atoms with Crippen molar-refractivity contribution in [1.82, 2.24) is 5.32 Å². The summed E-state index contributed by atoms with van der Waals surface area (Å²) in [5, 5.41) is 3.22. The third kappa shape index (κ3) is 3.58. The zero-order valence-electron chi connectivity index (χ0n) is 12.1. The molecule has 0 saturated carbocycles. The third-order valence-corrected chi connectivity index (χ3v) is 3.03. The van der Waals surface area contributed by atoms with E-state index in [1.54, 1.807) is 12.1 Å². The van der Waals surface area contributed by atoms with E-state index in [9.17, 15) is 4.39 Å². The largest absolute Gasteiger partial charge is 0.491 e. The SMILES string of the molecule is CNC(c1cccc(F)c1)c1cccc(OC(C)C)c1. The van der Waals surface area contributed by atoms with Crippen LogP contribution >= 0.6 is 0 Å². The summed E-state index contributed by atoms with van der Waals surface area (Å²) in [5.41, 5.74) is 1.95. The maximum absolute atomic E-state index is 13.4. The summed E-state index contributed by atoms with van der Waals surface area (Å²) in [7, 11) is 1.87. The summed E-state index contributed by atoms with van der Waals surface area (Å²) >= 11 is 0. The molecule has 0 spiro atoms. The van der Waals surface area contributed by atoms with Crippen LogP contribution in [0.4, 0.5) is 4.39 Å². The van der Waals surface area contributed by atoms with Crippen LogP contribution in [0.1, 0.15) is 31.0 Å². The van der Waals surface area contributed by atoms with Crippen LogP contribution in [0.5, 0.6) is 5.75 Å². The van der Waals surface area contributed by atoms with E-state index < -0.39 is 0 Å². The van der Waals surface area contributed by atoms with Gasteiger partial charge in [0.1, 0.15) is 11.6 Å². The number of rotatable bonds is 5. The van der Waals surface area contributed by atoms with E-state index in [4.69, 9.17) is 4.74 Å². The van der Waals surface area contributed by atoms with Crippen molar-refractivity contribution in [3.63, 3.8) is 0 Å². The summed E-state index contributed by atoms with van der Waals surface area (Å²) in [6.45, 7) is 3.99. The molecule has 0 amide bonds. The van der Waals surface area contributed by atoms with Crippen LogP contribution in [0.2, 0.25) is 0 Å². The van der Waals surface area contributed by atoms with Gasteiger partial charge in [-0.05, 0) is 56.3 Å². The quantitative estimate of drug-likeness (QED) is 0.891. The molecule has 1 unspecified atom stereocenters. The van der Waals surface area contributed by atoms with Crippen molar-refractivity contribution < 1.29 is 9.13 Å². The third-order valence-electron chi connectivity index (χ3n) is 3.03. The highest BCUT2D eigenvalue weighted by Gasteiger charge is 2.13. The lowest BCUT2D eigenvalue weighted by molar-refractivity contribution is 0.242. The second-order valence-electron chi connectivity index (χ2n) is 5.02. The number of halogens is 1. The fourth-order valence-electron chi connectivity index (χ4n) is 2.25. The van der Waals surface area contributed by atoms with Gasteiger partial charge in [-0.2, -0.15) is 0 Å². The van der Waals surface area contributed by atoms with Crippen LogP contribution in [-0.2, 0) is 0 Å². The zero-order chi connectivity index (χ0) is 14.5. The second kappa shape index (κ2) is 6.53. The van der Waals surface area contributed by atoms with Crippen molar-refractivity contribution in [3.8, 4) is 5.75 Å². The van der Waals surface area contributed by atoms with Crippen molar-refractivity contribution in [3.05, 3.63) is 65.5 Å². The van der Waals surface area contributed by atoms with Gasteiger partial charge < -0.3 is 10.1 Å². The van der Waals surface area contributed by atoms with Gasteiger partial charge >= 0.3 is 0 Å². The molecule has 0 heterocycles. The lowest BCUT2D eigenvalue weighted by Crippen LogP contribution is -2.18. The first-order chi connectivity index (χ1) is 9.60. The lowest BCUT2D eigenvalue weighted by Gasteiger charge is -2.19. The Morgan fingerprint density at radius 2 is 1.65 bits per heavy atom. The monoisotopic (exact) mass is 273 g/mol. The van der Waals surface area contributed by atoms with Gasteiger partial charge in [0.25, 0.3) is 0 Å². The average Bonchev–Trinajstić information content (AvgIpc) is 2.39. The van der Waals surface area contributed by atoms with Crippen molar-refractivity contribution in [2.45, 2.75) is 26.0 Å². The van der Waals surface area contributed by atoms with Gasteiger partial charge in [0.2, 0.25) is 0 Å². The molecule has 3 heteroatoms. The Bertz CT molecular complexity index is 568. The van der Waals surface area contributed by atoms with E-state index in [0.717, 1.165) is 16.9 Å². The second-order valence-corrected chi connectivity index (χ2v) is 5.02. The summed E-state index contributed by atoms with van der Waals surface area (Å²) in [5.74, 6) is 0.603. The molecular formula is C17H20FNO. The number of hydrogen-bond donors (Lipinski definition) is 1. The van der Waals surface area contributed by atoms with Crippen LogP contribution in [0.25, 0.3) is 0 Å². The summed E-state index contributed by atoms with van der Waals surface area (Å²) in [6.07, 6.45) is 0.132. The Morgan fingerprint density at radius 3 is 2.25 bits per heavy atom. The highest BCUT2D eigenvalue weighted by atomic mass is 19.1. The van der Waals surface area contributed by atoms with E-state index in [1.165, 1.54) is 6.07 Å². The summed E-state index contributed by atoms with van der Waals surface area (Å²) in [6, 6.07) is 14.5. The Hall–Kier alpha value is -1.87. The minimum absolute atomic E-state index is 0.0542. The fraction of sp³-hybridized carbons (Fsp3) is 0.294. The van der Waals surface area contributed by atoms with E-state index >= 15 is 0 Å². The maximum atomic E-state index is 13.4. The highest BCUT2D eigenvalue weighted by molar-refractivity contribution is 5.36. The highest BCUT2D eigenvalue weighted by Crippen LogP contribution is 2.25. The predicted octanol–water partition coefficient (Wildman–Crippen LogP) is 3.92. The molecule has 2 aromatic carbocycles. The summed E-state index contributed by atoms with van der Waals surface area (Å²) in [4.78, 5) is 0. The van der Waals surface area contributed by atoms with Crippen molar-refractivity contribution >= 4 is 0 Å². The van der Waals surface area contributed by atoms with Crippen molar-refractivity contribution in [2.24, 2.45) is 0 Å². The topological polar surface area (TPSA) is 21.3 Å². The molecule has 0 saturated heterocycles. The van der Waals surface area contributed by atoms with Crippen LogP contribution in [0.15, 0.2) is 48.5 Å². The molecule has 0 aliphatic carbocycles. The van der Waals surface area contributed by atoms with Gasteiger partial charge in [0.05, 0.1) is 12.1 Å². The molecule has 1 N–H and O–H groups in total. The standard InChI is InChI=1S/C17H20FNO/c1-12(2)20-16-9-5-7-14(11-16)17(19-3)13-6-4-8-15(18)10-13/h4-12,17,19H,1-3H3. The maximum Gasteiger partial charge on any atom is 0.123 e. The molecule has 0 aliphatic heterocycles. The Labute approximate surface area is 119 Å². The molecule has 106 valence electrons. The molecule has 2 rings (SSSR count). The smallest absolute Gasteiger partial charge is 0.123 e. The molecule has 0 radical (unpaired) electrons. The van der Waals surface area contributed by atoms with Gasteiger partial charge in [-0.15, -0.1) is 0 Å². The Balaban J connectivity index is 2.32. The van der Waals surface area contributed by atoms with E-state index in [0.29, 0.717) is 0 Å². The summed E-state index contributed by atoms with van der Waals surface area (Å²) < 4.78 is 19.1. The molecule has 2 nitrogen and oxygen atoms in total. The lowest BCUT2D eigenvalue weighted by atomic mass is 9.98. The number of nitrogens with one attached hydrogen (secondary N) is 1. The van der Waals surface area contributed by atoms with Crippen LogP contribution in [0.3, 0.4) is 0 Å². The van der Waals surface area contributed by atoms with Crippen LogP contribution in [0, 0.1) is 5.82 Å². The Morgan fingerprint density at radius 1 is 1.00 bits per heavy atom. The minimum Gasteiger partial charge on any atom is -0.491 e. The Kier molecular flexibility index (Phi) is 4.74. The van der Waals surface area contributed by atoms with Crippen molar-refractivity contribution in [1.29, 1.82) is 0 Å². The van der Waals surface area contributed by atoms with Crippen LogP contribution in [-0.4, -0.2) is 13.2 Å². The normalized spacial score (nSPS) is 12.4. The minimum atomic E-state index is -0.225. The molecule has 0 aromatic heterocycles. The van der Waals surface area contributed by atoms with E-state index in [-0.39, 0.29) is 18.0 Å². The molecule has 20 heavy (non-hydrogen) atoms. The van der Waals surface area contributed by atoms with Crippen molar-refractivity contribution in [2.75, 3.05) is 7.05 Å². The van der Waals surface area contributed by atoms with E-state index in [1.807, 2.05) is 51.2 Å². The van der Waals surface area contributed by atoms with Crippen LogP contribution < -0.4 is 10.1 Å². The van der Waals surface area contributed by atoms with Gasteiger partial charge in [-0.1, -0.05) is 24.3 Å². The molecule has 0 fully saturated rings. The average molecular weight is 273 g/mol. The molecule has 2 aromatic rings. The molecule has 0 bridgehead atoms. The van der Waals surface area contributed by atoms with Gasteiger partial charge in [-0.3, -0.25) is 0 Å². The molecular weight excluding hydrogens is 253 g/mol. The first-order valence-corrected chi connectivity index (χ1v) is 6.79.